The van der Waals surface area contributed by atoms with Crippen molar-refractivity contribution in [3.8, 4) is 0 Å². The molecule has 0 unspecified atom stereocenters. The first-order valence-electron chi connectivity index (χ1n) is 7.04. The Kier molecular flexibility index (Phi) is 5.38. The minimum atomic E-state index is -0.563. The van der Waals surface area contributed by atoms with Crippen LogP contribution in [0, 0.1) is 13.8 Å². The van der Waals surface area contributed by atoms with Crippen LogP contribution in [0.3, 0.4) is 0 Å². The van der Waals surface area contributed by atoms with Crippen molar-refractivity contribution in [2.24, 2.45) is 5.10 Å². The lowest BCUT2D eigenvalue weighted by Gasteiger charge is -2.12. The van der Waals surface area contributed by atoms with E-state index >= 15 is 0 Å². The third-order valence-electron chi connectivity index (χ3n) is 3.21. The Bertz CT molecular complexity index is 667. The highest BCUT2D eigenvalue weighted by molar-refractivity contribution is 8.15. The molecule has 122 valence electrons. The number of thioether (sulfide) groups is 1. The van der Waals surface area contributed by atoms with Crippen LogP contribution in [-0.2, 0) is 14.4 Å². The summed E-state index contributed by atoms with van der Waals surface area (Å²) in [5.41, 5.74) is 4.96. The Morgan fingerprint density at radius 2 is 1.96 bits per heavy atom. The van der Waals surface area contributed by atoms with Gasteiger partial charge < -0.3 is 10.6 Å². The number of aryl methyl sites for hydroxylation is 2. The lowest BCUT2D eigenvalue weighted by molar-refractivity contribution is -0.122. The van der Waals surface area contributed by atoms with E-state index in [1.165, 1.54) is 6.92 Å². The minimum absolute atomic E-state index is 0.0311. The molecule has 7 nitrogen and oxygen atoms in total. The van der Waals surface area contributed by atoms with Crippen LogP contribution in [0.25, 0.3) is 0 Å². The van der Waals surface area contributed by atoms with E-state index in [1.54, 1.807) is 0 Å². The smallest absolute Gasteiger partial charge is 0.240 e. The second kappa shape index (κ2) is 7.28. The van der Waals surface area contributed by atoms with Gasteiger partial charge >= 0.3 is 0 Å². The van der Waals surface area contributed by atoms with E-state index < -0.39 is 5.25 Å². The average Bonchev–Trinajstić information content (AvgIpc) is 2.81. The number of rotatable bonds is 4. The number of amidine groups is 1. The molecule has 1 aliphatic rings. The number of hydrogen-bond acceptors (Lipinski definition) is 5. The highest BCUT2D eigenvalue weighted by Crippen LogP contribution is 2.24. The first-order valence-corrected chi connectivity index (χ1v) is 7.92. The van der Waals surface area contributed by atoms with E-state index in [1.807, 2.05) is 32.0 Å². The number of hydrogen-bond donors (Lipinski definition) is 3. The number of nitrogens with one attached hydrogen (secondary N) is 3. The minimum Gasteiger partial charge on any atom is -0.326 e. The van der Waals surface area contributed by atoms with E-state index in [9.17, 15) is 14.4 Å². The largest absolute Gasteiger partial charge is 0.326 e. The summed E-state index contributed by atoms with van der Waals surface area (Å²) in [6.45, 7) is 5.15. The lowest BCUT2D eigenvalue weighted by Crippen LogP contribution is -2.29. The summed E-state index contributed by atoms with van der Waals surface area (Å²) in [5, 5.41) is 8.86. The summed E-state index contributed by atoms with van der Waals surface area (Å²) in [7, 11) is 0. The fourth-order valence-corrected chi connectivity index (χ4v) is 3.02. The summed E-state index contributed by atoms with van der Waals surface area (Å²) in [5.74, 6) is -0.866. The number of benzene rings is 1. The predicted octanol–water partition coefficient (Wildman–Crippen LogP) is 1.27. The quantitative estimate of drug-likeness (QED) is 0.722. The monoisotopic (exact) mass is 334 g/mol. The van der Waals surface area contributed by atoms with Crippen LogP contribution in [0.1, 0.15) is 24.5 Å². The molecule has 1 saturated heterocycles. The molecular formula is C15H18N4O3S. The molecule has 0 aromatic heterocycles. The molecule has 1 aliphatic heterocycles. The number of carbonyl (C=O) groups excluding carboxylic acids is 3. The van der Waals surface area contributed by atoms with Crippen LogP contribution in [0.4, 0.5) is 5.69 Å². The predicted molar refractivity (Wildman–Crippen MR) is 89.9 cm³/mol. The number of carbonyl (C=O) groups is 3. The molecule has 0 saturated carbocycles. The molecule has 1 aromatic rings. The highest BCUT2D eigenvalue weighted by atomic mass is 32.2. The molecule has 2 rings (SSSR count). The van der Waals surface area contributed by atoms with Gasteiger partial charge in [-0.2, -0.15) is 0 Å². The third kappa shape index (κ3) is 4.56. The maximum absolute atomic E-state index is 12.2. The molecule has 1 fully saturated rings. The first kappa shape index (κ1) is 17.0. The molecule has 1 aromatic carbocycles. The molecule has 0 bridgehead atoms. The molecular weight excluding hydrogens is 316 g/mol. The topological polar surface area (TPSA) is 99.7 Å². The van der Waals surface area contributed by atoms with Crippen molar-refractivity contribution in [1.29, 1.82) is 0 Å². The van der Waals surface area contributed by atoms with E-state index in [0.717, 1.165) is 28.6 Å². The lowest BCUT2D eigenvalue weighted by atomic mass is 10.1. The molecule has 0 spiro atoms. The van der Waals surface area contributed by atoms with Gasteiger partial charge in [0.05, 0.1) is 0 Å². The van der Waals surface area contributed by atoms with Gasteiger partial charge in [0, 0.05) is 19.0 Å². The molecule has 0 aliphatic carbocycles. The summed E-state index contributed by atoms with van der Waals surface area (Å²) < 4.78 is 0. The van der Waals surface area contributed by atoms with E-state index in [2.05, 4.69) is 21.2 Å². The number of hydrazone groups is 1. The zero-order valence-electron chi connectivity index (χ0n) is 13.1. The average molecular weight is 334 g/mol. The Morgan fingerprint density at radius 1 is 1.30 bits per heavy atom. The molecule has 0 radical (unpaired) electrons. The van der Waals surface area contributed by atoms with Gasteiger partial charge in [-0.15, -0.1) is 5.10 Å². The van der Waals surface area contributed by atoms with Crippen LogP contribution in [0.5, 0.6) is 0 Å². The third-order valence-corrected chi connectivity index (χ3v) is 4.29. The summed E-state index contributed by atoms with van der Waals surface area (Å²) >= 11 is 1.12. The Morgan fingerprint density at radius 3 is 2.57 bits per heavy atom. The highest BCUT2D eigenvalue weighted by Gasteiger charge is 2.32. The van der Waals surface area contributed by atoms with E-state index in [0.29, 0.717) is 0 Å². The van der Waals surface area contributed by atoms with Gasteiger partial charge in [-0.25, -0.2) is 5.43 Å². The van der Waals surface area contributed by atoms with Gasteiger partial charge in [0.2, 0.25) is 17.7 Å². The Hall–Kier alpha value is -2.35. The van der Waals surface area contributed by atoms with Crippen molar-refractivity contribution in [3.63, 3.8) is 0 Å². The van der Waals surface area contributed by atoms with Gasteiger partial charge in [0.25, 0.3) is 0 Å². The molecule has 8 heteroatoms. The zero-order chi connectivity index (χ0) is 17.0. The maximum atomic E-state index is 12.2. The van der Waals surface area contributed by atoms with Gasteiger partial charge in [0.15, 0.2) is 5.17 Å². The molecule has 1 atom stereocenters. The normalized spacial score (nSPS) is 18.7. The van der Waals surface area contributed by atoms with Crippen LogP contribution in [0.2, 0.25) is 0 Å². The van der Waals surface area contributed by atoms with Crippen molar-refractivity contribution in [1.82, 2.24) is 10.7 Å². The summed E-state index contributed by atoms with van der Waals surface area (Å²) in [6.07, 6.45) is 0.0311. The standard InChI is InChI=1S/C15H18N4O3S/c1-8-5-4-6-9(2)13(8)16-12(21)7-11-14(22)17-15(23-11)19-18-10(3)20/h4-6,11H,7H2,1-3H3,(H,16,21)(H,18,20)(H,17,19,22)/t11-/m0/s1. The maximum Gasteiger partial charge on any atom is 0.240 e. The van der Waals surface area contributed by atoms with Gasteiger partial charge in [-0.3, -0.25) is 14.4 Å². The summed E-state index contributed by atoms with van der Waals surface area (Å²) in [4.78, 5) is 34.8. The van der Waals surface area contributed by atoms with Crippen molar-refractivity contribution in [2.75, 3.05) is 5.32 Å². The van der Waals surface area contributed by atoms with Crippen LogP contribution < -0.4 is 16.1 Å². The van der Waals surface area contributed by atoms with Crippen LogP contribution in [-0.4, -0.2) is 28.1 Å². The molecule has 1 heterocycles. The fraction of sp³-hybridized carbons (Fsp3) is 0.333. The number of nitrogens with zero attached hydrogens (tertiary/aromatic N) is 1. The number of para-hydroxylation sites is 1. The van der Waals surface area contributed by atoms with Crippen molar-refractivity contribution in [3.05, 3.63) is 29.3 Å². The van der Waals surface area contributed by atoms with Crippen LogP contribution >= 0.6 is 11.8 Å². The van der Waals surface area contributed by atoms with Crippen LogP contribution in [0.15, 0.2) is 23.3 Å². The van der Waals surface area contributed by atoms with Crippen molar-refractivity contribution >= 4 is 40.3 Å². The second-order valence-electron chi connectivity index (χ2n) is 5.20. The second-order valence-corrected chi connectivity index (χ2v) is 6.39. The van der Waals surface area contributed by atoms with E-state index in [-0.39, 0.29) is 29.3 Å². The van der Waals surface area contributed by atoms with E-state index in [4.69, 9.17) is 0 Å². The fourth-order valence-electron chi connectivity index (χ4n) is 2.09. The SMILES string of the molecule is CC(=O)N/N=C1\NC(=O)[C@H](CC(=O)Nc2c(C)cccc2C)S1. The van der Waals surface area contributed by atoms with Gasteiger partial charge in [0.1, 0.15) is 5.25 Å². The summed E-state index contributed by atoms with van der Waals surface area (Å²) in [6, 6.07) is 5.75. The van der Waals surface area contributed by atoms with Gasteiger partial charge in [-0.1, -0.05) is 30.0 Å². The molecule has 23 heavy (non-hydrogen) atoms. The van der Waals surface area contributed by atoms with Crippen molar-refractivity contribution < 1.29 is 14.4 Å². The Labute approximate surface area is 138 Å². The number of amides is 3. The molecule has 3 amide bonds. The zero-order valence-corrected chi connectivity index (χ0v) is 13.9. The molecule has 3 N–H and O–H groups in total. The van der Waals surface area contributed by atoms with Crippen molar-refractivity contribution in [2.45, 2.75) is 32.4 Å². The Balaban J connectivity index is 1.97. The number of anilines is 1. The first-order chi connectivity index (χ1) is 10.9. The van der Waals surface area contributed by atoms with Gasteiger partial charge in [-0.05, 0) is 25.0 Å².